The van der Waals surface area contributed by atoms with Crippen LogP contribution in [0, 0.1) is 11.3 Å². The van der Waals surface area contributed by atoms with Gasteiger partial charge in [0.05, 0.1) is 14.8 Å². The van der Waals surface area contributed by atoms with Crippen LogP contribution in [0.25, 0.3) is 10.6 Å². The van der Waals surface area contributed by atoms with Crippen LogP contribution in [0.3, 0.4) is 0 Å². The van der Waals surface area contributed by atoms with Gasteiger partial charge in [0.1, 0.15) is 0 Å². The Morgan fingerprint density at radius 2 is 2.18 bits per heavy atom. The Labute approximate surface area is 139 Å². The molecule has 0 atom stereocenters. The third-order valence-corrected chi connectivity index (χ3v) is 6.80. The van der Waals surface area contributed by atoms with E-state index in [1.54, 1.807) is 17.5 Å². The van der Waals surface area contributed by atoms with Gasteiger partial charge in [-0.25, -0.2) is 0 Å². The summed E-state index contributed by atoms with van der Waals surface area (Å²) in [5.74, 6) is 1.97. The highest BCUT2D eigenvalue weighted by Crippen LogP contribution is 2.48. The van der Waals surface area contributed by atoms with E-state index in [9.17, 15) is 4.79 Å². The Kier molecular flexibility index (Phi) is 4.21. The molecule has 118 valence electrons. The number of hydrogen-bond acceptors (Lipinski definition) is 4. The first kappa shape index (κ1) is 15.8. The largest absolute Gasteiger partial charge is 0.294 e. The maximum atomic E-state index is 12.7. The maximum absolute atomic E-state index is 12.7. The van der Waals surface area contributed by atoms with Gasteiger partial charge < -0.3 is 0 Å². The van der Waals surface area contributed by atoms with Crippen LogP contribution in [-0.4, -0.2) is 21.7 Å². The molecule has 0 aliphatic heterocycles. The summed E-state index contributed by atoms with van der Waals surface area (Å²) < 4.78 is 1.19. The summed E-state index contributed by atoms with van der Waals surface area (Å²) in [5.41, 5.74) is 3.28. The minimum absolute atomic E-state index is 0.0416. The van der Waals surface area contributed by atoms with E-state index in [0.29, 0.717) is 18.1 Å². The highest BCUT2D eigenvalue weighted by Gasteiger charge is 2.36. The zero-order valence-electron chi connectivity index (χ0n) is 13.5. The van der Waals surface area contributed by atoms with Crippen molar-refractivity contribution in [3.63, 3.8) is 0 Å². The second kappa shape index (κ2) is 5.85. The zero-order valence-corrected chi connectivity index (χ0v) is 15.2. The second-order valence-corrected chi connectivity index (χ2v) is 9.50. The van der Waals surface area contributed by atoms with Crippen molar-refractivity contribution in [2.24, 2.45) is 11.3 Å². The lowest BCUT2D eigenvalue weighted by Gasteiger charge is -2.29. The Morgan fingerprint density at radius 1 is 1.41 bits per heavy atom. The molecule has 0 fully saturated rings. The molecular weight excluding hydrogens is 312 g/mol. The lowest BCUT2D eigenvalue weighted by molar-refractivity contribution is 0.0910. The van der Waals surface area contributed by atoms with Crippen LogP contribution in [0.5, 0.6) is 0 Å². The molecule has 0 bridgehead atoms. The quantitative estimate of drug-likeness (QED) is 0.797. The zero-order chi connectivity index (χ0) is 15.9. The molecule has 0 radical (unpaired) electrons. The molecule has 22 heavy (non-hydrogen) atoms. The van der Waals surface area contributed by atoms with Crippen LogP contribution in [0.2, 0.25) is 0 Å². The van der Waals surface area contributed by atoms with Gasteiger partial charge in [0.2, 0.25) is 0 Å². The van der Waals surface area contributed by atoms with Gasteiger partial charge in [-0.1, -0.05) is 27.7 Å². The minimum Gasteiger partial charge on any atom is -0.294 e. The van der Waals surface area contributed by atoms with E-state index in [0.717, 1.165) is 23.4 Å². The number of nitrogens with zero attached hydrogens (tertiary/aromatic N) is 1. The molecule has 0 spiro atoms. The number of carbonyl (C=O) groups is 1. The lowest BCUT2D eigenvalue weighted by Crippen LogP contribution is -2.26. The summed E-state index contributed by atoms with van der Waals surface area (Å²) in [6.45, 7) is 8.80. The van der Waals surface area contributed by atoms with Crippen molar-refractivity contribution in [3.8, 4) is 10.6 Å². The van der Waals surface area contributed by atoms with Crippen LogP contribution in [0.15, 0.2) is 16.5 Å². The van der Waals surface area contributed by atoms with Crippen LogP contribution >= 0.6 is 23.1 Å². The fourth-order valence-corrected chi connectivity index (χ4v) is 5.50. The van der Waals surface area contributed by atoms with E-state index >= 15 is 0 Å². The van der Waals surface area contributed by atoms with Gasteiger partial charge in [0, 0.05) is 23.9 Å². The van der Waals surface area contributed by atoms with Gasteiger partial charge >= 0.3 is 0 Å². The predicted octanol–water partition coefficient (Wildman–Crippen LogP) is 5.04. The molecule has 0 saturated heterocycles. The van der Waals surface area contributed by atoms with Crippen molar-refractivity contribution in [3.05, 3.63) is 23.4 Å². The Balaban J connectivity index is 2.08. The predicted molar refractivity (Wildman–Crippen MR) is 93.9 cm³/mol. The van der Waals surface area contributed by atoms with E-state index in [2.05, 4.69) is 37.9 Å². The first-order valence-corrected chi connectivity index (χ1v) is 9.49. The normalized spacial score (nSPS) is 17.0. The van der Waals surface area contributed by atoms with Crippen molar-refractivity contribution < 1.29 is 4.79 Å². The number of H-pyrrole nitrogens is 1. The van der Waals surface area contributed by atoms with Crippen molar-refractivity contribution in [2.75, 3.05) is 5.75 Å². The molecule has 2 heterocycles. The second-order valence-electron chi connectivity index (χ2n) is 7.19. The minimum atomic E-state index is 0.0416. The summed E-state index contributed by atoms with van der Waals surface area (Å²) in [6.07, 6.45) is 3.38. The molecule has 2 aromatic rings. The monoisotopic (exact) mass is 334 g/mol. The third-order valence-electron chi connectivity index (χ3n) is 3.84. The molecule has 5 heteroatoms. The van der Waals surface area contributed by atoms with Crippen LogP contribution in [-0.2, 0) is 6.42 Å². The molecule has 0 aromatic carbocycles. The van der Waals surface area contributed by atoms with E-state index in [1.807, 2.05) is 17.8 Å². The Bertz CT molecular complexity index is 684. The first-order chi connectivity index (χ1) is 10.4. The number of fused-ring (bicyclic) bond motifs is 1. The van der Waals surface area contributed by atoms with E-state index < -0.39 is 0 Å². The SMILES string of the molecule is CC(C)CSc1sc(-c2ccn[nH]2)c2c1C(=O)CC(C)(C)C2. The van der Waals surface area contributed by atoms with E-state index in [4.69, 9.17) is 0 Å². The number of thioether (sulfide) groups is 1. The lowest BCUT2D eigenvalue weighted by atomic mass is 9.74. The van der Waals surface area contributed by atoms with Gasteiger partial charge in [-0.2, -0.15) is 5.10 Å². The van der Waals surface area contributed by atoms with Crippen molar-refractivity contribution >= 4 is 28.9 Å². The Hall–Kier alpha value is -1.07. The average Bonchev–Trinajstić information content (AvgIpc) is 3.01. The van der Waals surface area contributed by atoms with Crippen molar-refractivity contribution in [1.82, 2.24) is 10.2 Å². The van der Waals surface area contributed by atoms with E-state index in [1.165, 1.54) is 14.6 Å². The first-order valence-electron chi connectivity index (χ1n) is 7.69. The highest BCUT2D eigenvalue weighted by molar-refractivity contribution is 8.01. The number of rotatable bonds is 4. The summed E-state index contributed by atoms with van der Waals surface area (Å²) in [5, 5.41) is 7.14. The topological polar surface area (TPSA) is 45.8 Å². The van der Waals surface area contributed by atoms with Crippen LogP contribution in [0.1, 0.15) is 50.0 Å². The molecule has 0 unspecified atom stereocenters. The highest BCUT2D eigenvalue weighted by atomic mass is 32.2. The molecule has 2 aromatic heterocycles. The molecular formula is C17H22N2OS2. The fraction of sp³-hybridized carbons (Fsp3) is 0.529. The number of nitrogens with one attached hydrogen (secondary N) is 1. The van der Waals surface area contributed by atoms with Gasteiger partial charge in [-0.05, 0) is 29.4 Å². The number of aromatic nitrogens is 2. The molecule has 1 aliphatic carbocycles. The molecule has 0 saturated carbocycles. The van der Waals surface area contributed by atoms with Gasteiger partial charge in [-0.3, -0.25) is 9.89 Å². The standard InChI is InChI=1S/C17H22N2OS2/c1-10(2)9-21-16-14-11(7-17(3,4)8-13(14)20)15(22-16)12-5-6-18-19-12/h5-6,10H,7-9H2,1-4H3,(H,18,19). The molecule has 1 N–H and O–H groups in total. The molecule has 1 aliphatic rings. The number of hydrogen-bond donors (Lipinski definition) is 1. The van der Waals surface area contributed by atoms with Crippen LogP contribution in [0.4, 0.5) is 0 Å². The summed E-state index contributed by atoms with van der Waals surface area (Å²) in [6, 6.07) is 2.00. The van der Waals surface area contributed by atoms with Gasteiger partial charge in [0.25, 0.3) is 0 Å². The number of Topliss-reactive ketones (excluding diaryl/α,β-unsaturated/α-hetero) is 1. The smallest absolute Gasteiger partial charge is 0.165 e. The maximum Gasteiger partial charge on any atom is 0.165 e. The number of thiophene rings is 1. The Morgan fingerprint density at radius 3 is 2.82 bits per heavy atom. The average molecular weight is 335 g/mol. The number of carbonyl (C=O) groups excluding carboxylic acids is 1. The van der Waals surface area contributed by atoms with Gasteiger partial charge in [0.15, 0.2) is 5.78 Å². The van der Waals surface area contributed by atoms with E-state index in [-0.39, 0.29) is 5.41 Å². The summed E-state index contributed by atoms with van der Waals surface area (Å²) in [7, 11) is 0. The van der Waals surface area contributed by atoms with Crippen molar-refractivity contribution in [1.29, 1.82) is 0 Å². The molecule has 0 amide bonds. The molecule has 3 nitrogen and oxygen atoms in total. The fourth-order valence-electron chi connectivity index (χ4n) is 2.90. The third kappa shape index (κ3) is 3.01. The summed E-state index contributed by atoms with van der Waals surface area (Å²) in [4.78, 5) is 13.9. The van der Waals surface area contributed by atoms with Crippen LogP contribution < -0.4 is 0 Å². The van der Waals surface area contributed by atoms with Crippen molar-refractivity contribution in [2.45, 2.75) is 44.7 Å². The summed E-state index contributed by atoms with van der Waals surface area (Å²) >= 11 is 3.58. The van der Waals surface area contributed by atoms with Gasteiger partial charge in [-0.15, -0.1) is 23.1 Å². The number of aromatic amines is 1. The number of ketones is 1. The molecule has 3 rings (SSSR count).